The van der Waals surface area contributed by atoms with E-state index >= 15 is 0 Å². The van der Waals surface area contributed by atoms with E-state index in [9.17, 15) is 14.7 Å². The maximum atomic E-state index is 12.3. The molecule has 0 bridgehead atoms. The van der Waals surface area contributed by atoms with Crippen LogP contribution in [-0.2, 0) is 20.7 Å². The van der Waals surface area contributed by atoms with Crippen molar-refractivity contribution in [1.82, 2.24) is 4.98 Å². The first-order chi connectivity index (χ1) is 9.81. The molecule has 21 heavy (non-hydrogen) atoms. The summed E-state index contributed by atoms with van der Waals surface area (Å²) < 4.78 is 5.02. The van der Waals surface area contributed by atoms with Gasteiger partial charge >= 0.3 is 11.9 Å². The molecule has 116 valence electrons. The van der Waals surface area contributed by atoms with E-state index in [1.54, 1.807) is 13.0 Å². The molecule has 0 fully saturated rings. The standard InChI is InChI=1S/C16H23NO4/c1-5-21-15(20)16(14(18)19,9-11(2)3)10-13-8-6-7-12(4)17-13/h6-8,11H,5,9-10H2,1-4H3,(H,18,19). The highest BCUT2D eigenvalue weighted by Crippen LogP contribution is 2.33. The van der Waals surface area contributed by atoms with Gasteiger partial charge in [0.1, 0.15) is 0 Å². The zero-order valence-electron chi connectivity index (χ0n) is 13.0. The lowest BCUT2D eigenvalue weighted by Crippen LogP contribution is -2.44. The highest BCUT2D eigenvalue weighted by molar-refractivity contribution is 5.99. The van der Waals surface area contributed by atoms with Crippen LogP contribution in [-0.4, -0.2) is 28.6 Å². The molecule has 0 aliphatic heterocycles. The molecule has 0 aliphatic carbocycles. The molecule has 1 rings (SSSR count). The van der Waals surface area contributed by atoms with Crippen LogP contribution in [0.5, 0.6) is 0 Å². The number of rotatable bonds is 7. The van der Waals surface area contributed by atoms with Crippen molar-refractivity contribution >= 4 is 11.9 Å². The fourth-order valence-corrected chi connectivity index (χ4v) is 2.45. The molecule has 5 nitrogen and oxygen atoms in total. The molecule has 0 spiro atoms. The summed E-state index contributed by atoms with van der Waals surface area (Å²) in [5.74, 6) is -1.79. The number of ether oxygens (including phenoxy) is 1. The number of carboxylic acids is 1. The smallest absolute Gasteiger partial charge is 0.323 e. The number of aromatic nitrogens is 1. The van der Waals surface area contributed by atoms with E-state index in [0.717, 1.165) is 5.69 Å². The normalized spacial score (nSPS) is 13.8. The molecular formula is C16H23NO4. The first-order valence-electron chi connectivity index (χ1n) is 7.15. The second kappa shape index (κ2) is 7.20. The van der Waals surface area contributed by atoms with Gasteiger partial charge in [0.05, 0.1) is 6.61 Å². The Labute approximate surface area is 125 Å². The Balaban J connectivity index is 3.21. The summed E-state index contributed by atoms with van der Waals surface area (Å²) in [6, 6.07) is 5.38. The van der Waals surface area contributed by atoms with Gasteiger partial charge in [0.2, 0.25) is 0 Å². The van der Waals surface area contributed by atoms with Crippen molar-refractivity contribution < 1.29 is 19.4 Å². The molecule has 1 aromatic rings. The van der Waals surface area contributed by atoms with Crippen molar-refractivity contribution in [1.29, 1.82) is 0 Å². The second-order valence-corrected chi connectivity index (χ2v) is 5.65. The topological polar surface area (TPSA) is 76.5 Å². The molecule has 0 saturated carbocycles. The number of carbonyl (C=O) groups is 2. The van der Waals surface area contributed by atoms with Crippen LogP contribution in [0.1, 0.15) is 38.6 Å². The number of aryl methyl sites for hydroxylation is 1. The van der Waals surface area contributed by atoms with E-state index in [4.69, 9.17) is 4.74 Å². The fourth-order valence-electron chi connectivity index (χ4n) is 2.45. The van der Waals surface area contributed by atoms with Crippen LogP contribution < -0.4 is 0 Å². The van der Waals surface area contributed by atoms with Crippen molar-refractivity contribution in [3.63, 3.8) is 0 Å². The Morgan fingerprint density at radius 2 is 2.05 bits per heavy atom. The Kier molecular flexibility index (Phi) is 5.88. The predicted octanol–water partition coefficient (Wildman–Crippen LogP) is 2.61. The monoisotopic (exact) mass is 293 g/mol. The lowest BCUT2D eigenvalue weighted by Gasteiger charge is -2.28. The number of carboxylic acid groups (broad SMARTS) is 1. The summed E-state index contributed by atoms with van der Waals surface area (Å²) in [6.07, 6.45) is 0.262. The average Bonchev–Trinajstić information content (AvgIpc) is 2.37. The summed E-state index contributed by atoms with van der Waals surface area (Å²) in [5.41, 5.74) is -0.198. The number of nitrogens with zero attached hydrogens (tertiary/aromatic N) is 1. The highest BCUT2D eigenvalue weighted by atomic mass is 16.5. The van der Waals surface area contributed by atoms with Crippen molar-refractivity contribution in [3.05, 3.63) is 29.6 Å². The van der Waals surface area contributed by atoms with Gasteiger partial charge in [0.25, 0.3) is 0 Å². The van der Waals surface area contributed by atoms with Gasteiger partial charge in [-0.25, -0.2) is 0 Å². The third-order valence-corrected chi connectivity index (χ3v) is 3.26. The van der Waals surface area contributed by atoms with E-state index in [0.29, 0.717) is 5.69 Å². The number of hydrogen-bond acceptors (Lipinski definition) is 4. The average molecular weight is 293 g/mol. The molecule has 1 aromatic heterocycles. The van der Waals surface area contributed by atoms with Crippen molar-refractivity contribution in [2.45, 2.75) is 40.5 Å². The minimum atomic E-state index is -1.58. The van der Waals surface area contributed by atoms with Gasteiger partial charge < -0.3 is 9.84 Å². The number of hydrogen-bond donors (Lipinski definition) is 1. The van der Waals surface area contributed by atoms with E-state index in [-0.39, 0.29) is 25.4 Å². The Morgan fingerprint density at radius 3 is 2.52 bits per heavy atom. The summed E-state index contributed by atoms with van der Waals surface area (Å²) in [4.78, 5) is 28.5. The number of esters is 1. The maximum absolute atomic E-state index is 12.3. The molecule has 0 saturated heterocycles. The molecule has 0 aliphatic rings. The minimum Gasteiger partial charge on any atom is -0.480 e. The third-order valence-electron chi connectivity index (χ3n) is 3.26. The first kappa shape index (κ1) is 17.1. The largest absolute Gasteiger partial charge is 0.480 e. The SMILES string of the molecule is CCOC(=O)C(Cc1cccc(C)n1)(CC(C)C)C(=O)O. The zero-order valence-corrected chi connectivity index (χ0v) is 13.0. The second-order valence-electron chi connectivity index (χ2n) is 5.65. The molecule has 1 atom stereocenters. The fraction of sp³-hybridized carbons (Fsp3) is 0.562. The highest BCUT2D eigenvalue weighted by Gasteiger charge is 2.48. The Morgan fingerprint density at radius 1 is 1.38 bits per heavy atom. The predicted molar refractivity (Wildman–Crippen MR) is 78.8 cm³/mol. The summed E-state index contributed by atoms with van der Waals surface area (Å²) in [5, 5.41) is 9.67. The minimum absolute atomic E-state index is 0.0427. The summed E-state index contributed by atoms with van der Waals surface area (Å²) in [7, 11) is 0. The van der Waals surface area contributed by atoms with Crippen LogP contribution in [0.15, 0.2) is 18.2 Å². The van der Waals surface area contributed by atoms with Crippen LogP contribution in [0.2, 0.25) is 0 Å². The molecule has 1 heterocycles. The van der Waals surface area contributed by atoms with Gasteiger partial charge in [0.15, 0.2) is 5.41 Å². The van der Waals surface area contributed by atoms with E-state index in [1.165, 1.54) is 0 Å². The van der Waals surface area contributed by atoms with Crippen LogP contribution in [0.25, 0.3) is 0 Å². The third kappa shape index (κ3) is 4.28. The van der Waals surface area contributed by atoms with Crippen molar-refractivity contribution in [2.75, 3.05) is 6.61 Å². The maximum Gasteiger partial charge on any atom is 0.323 e. The molecule has 0 amide bonds. The lowest BCUT2D eigenvalue weighted by molar-refractivity contribution is -0.170. The van der Waals surface area contributed by atoms with Crippen molar-refractivity contribution in [2.24, 2.45) is 11.3 Å². The first-order valence-corrected chi connectivity index (χ1v) is 7.15. The van der Waals surface area contributed by atoms with Gasteiger partial charge in [-0.05, 0) is 38.3 Å². The Hall–Kier alpha value is -1.91. The molecule has 0 aromatic carbocycles. The molecule has 1 unspecified atom stereocenters. The summed E-state index contributed by atoms with van der Waals surface area (Å²) >= 11 is 0. The number of carbonyl (C=O) groups excluding carboxylic acids is 1. The molecule has 0 radical (unpaired) electrons. The van der Waals surface area contributed by atoms with Gasteiger partial charge in [0, 0.05) is 17.8 Å². The Bertz CT molecular complexity index is 513. The number of pyridine rings is 1. The quantitative estimate of drug-likeness (QED) is 0.617. The van der Waals surface area contributed by atoms with Crippen LogP contribution >= 0.6 is 0 Å². The van der Waals surface area contributed by atoms with Gasteiger partial charge in [-0.2, -0.15) is 0 Å². The van der Waals surface area contributed by atoms with Crippen molar-refractivity contribution in [3.8, 4) is 0 Å². The lowest BCUT2D eigenvalue weighted by atomic mass is 9.76. The van der Waals surface area contributed by atoms with Gasteiger partial charge in [-0.1, -0.05) is 19.9 Å². The van der Waals surface area contributed by atoms with Crippen LogP contribution in [0.4, 0.5) is 0 Å². The number of aliphatic carboxylic acids is 1. The molecule has 5 heteroatoms. The van der Waals surface area contributed by atoms with Gasteiger partial charge in [-0.15, -0.1) is 0 Å². The zero-order chi connectivity index (χ0) is 16.0. The van der Waals surface area contributed by atoms with E-state index in [2.05, 4.69) is 4.98 Å². The van der Waals surface area contributed by atoms with Crippen LogP contribution in [0, 0.1) is 18.3 Å². The van der Waals surface area contributed by atoms with E-state index < -0.39 is 17.4 Å². The molecule has 1 N–H and O–H groups in total. The molecular weight excluding hydrogens is 270 g/mol. The summed E-state index contributed by atoms with van der Waals surface area (Å²) in [6.45, 7) is 7.44. The van der Waals surface area contributed by atoms with Gasteiger partial charge in [-0.3, -0.25) is 14.6 Å². The van der Waals surface area contributed by atoms with E-state index in [1.807, 2.05) is 32.9 Å². The van der Waals surface area contributed by atoms with Crippen LogP contribution in [0.3, 0.4) is 0 Å².